The number of likely N-dealkylation sites (tertiary alicyclic amines) is 1. The van der Waals surface area contributed by atoms with Crippen molar-refractivity contribution < 1.29 is 9.53 Å². The minimum Gasteiger partial charge on any atom is -0.494 e. The summed E-state index contributed by atoms with van der Waals surface area (Å²) in [4.78, 5) is 19.1. The van der Waals surface area contributed by atoms with Gasteiger partial charge in [0.2, 0.25) is 0 Å². The molecule has 1 amide bonds. The van der Waals surface area contributed by atoms with Gasteiger partial charge in [0.25, 0.3) is 5.91 Å². The lowest BCUT2D eigenvalue weighted by atomic mass is 10.1. The molecule has 1 aromatic heterocycles. The highest BCUT2D eigenvalue weighted by Gasteiger charge is 2.24. The number of amides is 1. The van der Waals surface area contributed by atoms with Crippen molar-refractivity contribution in [3.8, 4) is 16.3 Å². The highest BCUT2D eigenvalue weighted by Crippen LogP contribution is 2.26. The Bertz CT molecular complexity index is 691. The number of aromatic nitrogens is 1. The molecule has 1 fully saturated rings. The van der Waals surface area contributed by atoms with Crippen LogP contribution in [0.4, 0.5) is 0 Å². The van der Waals surface area contributed by atoms with Crippen LogP contribution < -0.4 is 10.1 Å². The Kier molecular flexibility index (Phi) is 6.04. The van der Waals surface area contributed by atoms with E-state index < -0.39 is 0 Å². The summed E-state index contributed by atoms with van der Waals surface area (Å²) in [5, 5.41) is 6.02. The molecule has 1 saturated heterocycles. The lowest BCUT2D eigenvalue weighted by Gasteiger charge is -2.31. The number of carbonyl (C=O) groups excluding carboxylic acids is 1. The standard InChI is InChI=1S/C19H25N3O2S/c1-3-12-24-16-6-4-14(5-7-16)18-21-17(13-25-18)19(23)22-10-8-15(20-2)9-11-22/h4-7,13,15,20H,3,8-12H2,1-2H3. The molecule has 0 saturated carbocycles. The zero-order chi connectivity index (χ0) is 17.6. The van der Waals surface area contributed by atoms with E-state index in [1.165, 1.54) is 11.3 Å². The number of nitrogens with one attached hydrogen (secondary N) is 1. The minimum absolute atomic E-state index is 0.0416. The number of thiazole rings is 1. The van der Waals surface area contributed by atoms with E-state index in [0.29, 0.717) is 11.7 Å². The molecule has 0 spiro atoms. The molecule has 0 atom stereocenters. The van der Waals surface area contributed by atoms with E-state index in [4.69, 9.17) is 4.74 Å². The van der Waals surface area contributed by atoms with Crippen LogP contribution >= 0.6 is 11.3 Å². The number of carbonyl (C=O) groups is 1. The molecule has 0 unspecified atom stereocenters. The molecule has 5 nitrogen and oxygen atoms in total. The Morgan fingerprint density at radius 3 is 2.68 bits per heavy atom. The van der Waals surface area contributed by atoms with Gasteiger partial charge in [-0.05, 0) is 50.6 Å². The lowest BCUT2D eigenvalue weighted by Crippen LogP contribution is -2.44. The zero-order valence-corrected chi connectivity index (χ0v) is 15.6. The smallest absolute Gasteiger partial charge is 0.273 e. The molecule has 0 bridgehead atoms. The number of benzene rings is 1. The molecule has 1 aliphatic heterocycles. The molecule has 134 valence electrons. The Hall–Kier alpha value is -1.92. The summed E-state index contributed by atoms with van der Waals surface area (Å²) >= 11 is 1.51. The predicted octanol–water partition coefficient (Wildman–Crippen LogP) is 3.42. The van der Waals surface area contributed by atoms with E-state index in [0.717, 1.165) is 55.3 Å². The third kappa shape index (κ3) is 4.38. The Morgan fingerprint density at radius 2 is 2.04 bits per heavy atom. The topological polar surface area (TPSA) is 54.5 Å². The lowest BCUT2D eigenvalue weighted by molar-refractivity contribution is 0.0702. The molecule has 1 N–H and O–H groups in total. The van der Waals surface area contributed by atoms with E-state index in [1.807, 2.05) is 41.6 Å². The molecular formula is C19H25N3O2S. The fourth-order valence-electron chi connectivity index (χ4n) is 2.95. The van der Waals surface area contributed by atoms with Gasteiger partial charge in [0, 0.05) is 30.1 Å². The number of hydrogen-bond acceptors (Lipinski definition) is 5. The van der Waals surface area contributed by atoms with Crippen LogP contribution in [0.15, 0.2) is 29.6 Å². The second kappa shape index (κ2) is 8.45. The average molecular weight is 359 g/mol. The van der Waals surface area contributed by atoms with Crippen molar-refractivity contribution in [2.45, 2.75) is 32.2 Å². The zero-order valence-electron chi connectivity index (χ0n) is 14.8. The molecule has 25 heavy (non-hydrogen) atoms. The first-order valence-corrected chi connectivity index (χ1v) is 9.74. The fraction of sp³-hybridized carbons (Fsp3) is 0.474. The van der Waals surface area contributed by atoms with E-state index >= 15 is 0 Å². The summed E-state index contributed by atoms with van der Waals surface area (Å²) in [6, 6.07) is 8.42. The molecule has 1 aromatic carbocycles. The van der Waals surface area contributed by atoms with E-state index in [9.17, 15) is 4.79 Å². The van der Waals surface area contributed by atoms with Crippen LogP contribution in [0, 0.1) is 0 Å². The largest absolute Gasteiger partial charge is 0.494 e. The van der Waals surface area contributed by atoms with Gasteiger partial charge in [-0.1, -0.05) is 6.92 Å². The van der Waals surface area contributed by atoms with Crippen LogP contribution in [0.1, 0.15) is 36.7 Å². The van der Waals surface area contributed by atoms with Crippen LogP contribution in [0.5, 0.6) is 5.75 Å². The number of piperidine rings is 1. The maximum Gasteiger partial charge on any atom is 0.273 e. The Balaban J connectivity index is 1.64. The number of nitrogens with zero attached hydrogens (tertiary/aromatic N) is 2. The van der Waals surface area contributed by atoms with Gasteiger partial charge >= 0.3 is 0 Å². The van der Waals surface area contributed by atoms with Crippen LogP contribution in [0.2, 0.25) is 0 Å². The van der Waals surface area contributed by atoms with Crippen LogP contribution in [0.25, 0.3) is 10.6 Å². The van der Waals surface area contributed by atoms with E-state index in [2.05, 4.69) is 17.2 Å². The highest BCUT2D eigenvalue weighted by atomic mass is 32.1. The maximum absolute atomic E-state index is 12.6. The number of hydrogen-bond donors (Lipinski definition) is 1. The first-order chi connectivity index (χ1) is 12.2. The quantitative estimate of drug-likeness (QED) is 0.859. The summed E-state index contributed by atoms with van der Waals surface area (Å²) in [7, 11) is 1.98. The molecule has 1 aliphatic rings. The Morgan fingerprint density at radius 1 is 1.32 bits per heavy atom. The third-order valence-electron chi connectivity index (χ3n) is 4.49. The molecule has 2 aromatic rings. The van der Waals surface area contributed by atoms with Gasteiger partial charge < -0.3 is 15.0 Å². The first-order valence-electron chi connectivity index (χ1n) is 8.86. The van der Waals surface area contributed by atoms with Crippen molar-refractivity contribution >= 4 is 17.2 Å². The summed E-state index contributed by atoms with van der Waals surface area (Å²) in [6.45, 7) is 4.39. The van der Waals surface area contributed by atoms with Crippen molar-refractivity contribution in [3.63, 3.8) is 0 Å². The van der Waals surface area contributed by atoms with Gasteiger partial charge in [0.15, 0.2) is 0 Å². The summed E-state index contributed by atoms with van der Waals surface area (Å²) in [5.41, 5.74) is 1.57. The van der Waals surface area contributed by atoms with Crippen LogP contribution in [-0.2, 0) is 0 Å². The van der Waals surface area contributed by atoms with Crippen molar-refractivity contribution in [2.75, 3.05) is 26.7 Å². The maximum atomic E-state index is 12.6. The molecule has 3 rings (SSSR count). The Labute approximate surface area is 153 Å². The van der Waals surface area contributed by atoms with Crippen molar-refractivity contribution in [2.24, 2.45) is 0 Å². The number of rotatable bonds is 6. The van der Waals surface area contributed by atoms with Crippen molar-refractivity contribution in [3.05, 3.63) is 35.3 Å². The molecule has 2 heterocycles. The summed E-state index contributed by atoms with van der Waals surface area (Å²) < 4.78 is 5.60. The molecule has 6 heteroatoms. The van der Waals surface area contributed by atoms with E-state index in [-0.39, 0.29) is 5.91 Å². The summed E-state index contributed by atoms with van der Waals surface area (Å²) in [6.07, 6.45) is 2.99. The number of ether oxygens (including phenoxy) is 1. The highest BCUT2D eigenvalue weighted by molar-refractivity contribution is 7.13. The van der Waals surface area contributed by atoms with Crippen LogP contribution in [0.3, 0.4) is 0 Å². The SMILES string of the molecule is CCCOc1ccc(-c2nc(C(=O)N3CCC(NC)CC3)cs2)cc1. The molecule has 0 aliphatic carbocycles. The third-order valence-corrected chi connectivity index (χ3v) is 5.38. The normalized spacial score (nSPS) is 15.4. The van der Waals surface area contributed by atoms with Crippen LogP contribution in [-0.4, -0.2) is 48.6 Å². The first kappa shape index (κ1) is 17.9. The van der Waals surface area contributed by atoms with Crippen molar-refractivity contribution in [1.29, 1.82) is 0 Å². The van der Waals surface area contributed by atoms with Gasteiger partial charge in [0.1, 0.15) is 16.5 Å². The predicted molar refractivity (Wildman–Crippen MR) is 101 cm³/mol. The average Bonchev–Trinajstić information content (AvgIpc) is 3.16. The minimum atomic E-state index is 0.0416. The molecule has 0 radical (unpaired) electrons. The second-order valence-corrected chi connectivity index (χ2v) is 7.12. The molecular weight excluding hydrogens is 334 g/mol. The van der Waals surface area contributed by atoms with Gasteiger partial charge in [-0.25, -0.2) is 4.98 Å². The van der Waals surface area contributed by atoms with Gasteiger partial charge in [-0.3, -0.25) is 4.79 Å². The van der Waals surface area contributed by atoms with Gasteiger partial charge in [-0.15, -0.1) is 11.3 Å². The fourth-order valence-corrected chi connectivity index (χ4v) is 3.75. The van der Waals surface area contributed by atoms with Gasteiger partial charge in [-0.2, -0.15) is 0 Å². The second-order valence-electron chi connectivity index (χ2n) is 6.27. The monoisotopic (exact) mass is 359 g/mol. The van der Waals surface area contributed by atoms with E-state index in [1.54, 1.807) is 0 Å². The van der Waals surface area contributed by atoms with Crippen molar-refractivity contribution in [1.82, 2.24) is 15.2 Å². The summed E-state index contributed by atoms with van der Waals surface area (Å²) in [5.74, 6) is 0.908. The van der Waals surface area contributed by atoms with Gasteiger partial charge in [0.05, 0.1) is 6.61 Å².